The second kappa shape index (κ2) is 9.66. The Balaban J connectivity index is 1.54. The second-order valence-electron chi connectivity index (χ2n) is 6.59. The molecule has 9 heteroatoms. The van der Waals surface area contributed by atoms with Crippen LogP contribution in [-0.2, 0) is 9.59 Å². The SMILES string of the molecule is Cc1nn(-c2ccc(F)cc2)c(C)c1/C=C/C(=O)NNC(=O)COc1ccc(F)cc1. The second-order valence-corrected chi connectivity index (χ2v) is 6.59. The van der Waals surface area contributed by atoms with Crippen LogP contribution in [0.25, 0.3) is 11.8 Å². The number of nitrogens with one attached hydrogen (secondary N) is 2. The fourth-order valence-electron chi connectivity index (χ4n) is 2.78. The molecule has 0 atom stereocenters. The molecule has 0 spiro atoms. The number of halogens is 2. The summed E-state index contributed by atoms with van der Waals surface area (Å²) in [5, 5.41) is 4.42. The minimum atomic E-state index is -0.581. The highest BCUT2D eigenvalue weighted by atomic mass is 19.1. The lowest BCUT2D eigenvalue weighted by Gasteiger charge is -2.07. The lowest BCUT2D eigenvalue weighted by molar-refractivity contribution is -0.128. The zero-order valence-electron chi connectivity index (χ0n) is 16.9. The first-order chi connectivity index (χ1) is 14.8. The molecule has 1 aromatic heterocycles. The van der Waals surface area contributed by atoms with Gasteiger partial charge < -0.3 is 4.74 Å². The van der Waals surface area contributed by atoms with Crippen molar-refractivity contribution in [2.75, 3.05) is 6.61 Å². The van der Waals surface area contributed by atoms with E-state index >= 15 is 0 Å². The fourth-order valence-corrected chi connectivity index (χ4v) is 2.78. The van der Waals surface area contributed by atoms with Crippen molar-refractivity contribution in [2.45, 2.75) is 13.8 Å². The molecule has 0 saturated carbocycles. The quantitative estimate of drug-likeness (QED) is 0.469. The lowest BCUT2D eigenvalue weighted by Crippen LogP contribution is -2.43. The molecule has 0 aliphatic rings. The molecule has 160 valence electrons. The first-order valence-corrected chi connectivity index (χ1v) is 9.31. The molecule has 2 N–H and O–H groups in total. The summed E-state index contributed by atoms with van der Waals surface area (Å²) in [6.07, 6.45) is 2.83. The van der Waals surface area contributed by atoms with Crippen LogP contribution in [0.15, 0.2) is 54.6 Å². The van der Waals surface area contributed by atoms with Gasteiger partial charge in [-0.1, -0.05) is 0 Å². The maximum Gasteiger partial charge on any atom is 0.276 e. The van der Waals surface area contributed by atoms with Crippen LogP contribution >= 0.6 is 0 Å². The van der Waals surface area contributed by atoms with Crippen molar-refractivity contribution in [3.05, 3.63) is 83.2 Å². The van der Waals surface area contributed by atoms with E-state index in [0.717, 1.165) is 11.3 Å². The molecule has 0 unspecified atom stereocenters. The minimum Gasteiger partial charge on any atom is -0.484 e. The van der Waals surface area contributed by atoms with Crippen molar-refractivity contribution in [1.82, 2.24) is 20.6 Å². The van der Waals surface area contributed by atoms with Crippen molar-refractivity contribution in [3.63, 3.8) is 0 Å². The Labute approximate surface area is 177 Å². The Kier molecular flexibility index (Phi) is 6.76. The third-order valence-electron chi connectivity index (χ3n) is 4.33. The minimum absolute atomic E-state index is 0.326. The van der Waals surface area contributed by atoms with Gasteiger partial charge in [-0.3, -0.25) is 20.4 Å². The molecule has 3 rings (SSSR count). The molecule has 0 aliphatic carbocycles. The molecule has 0 aliphatic heterocycles. The van der Waals surface area contributed by atoms with E-state index in [1.54, 1.807) is 29.8 Å². The predicted octanol–water partition coefficient (Wildman–Crippen LogP) is 3.01. The fraction of sp³-hybridized carbons (Fsp3) is 0.136. The van der Waals surface area contributed by atoms with Crippen LogP contribution < -0.4 is 15.6 Å². The lowest BCUT2D eigenvalue weighted by atomic mass is 10.2. The van der Waals surface area contributed by atoms with Gasteiger partial charge in [0.05, 0.1) is 11.4 Å². The molecule has 2 amide bonds. The first kappa shape index (κ1) is 21.7. The summed E-state index contributed by atoms with van der Waals surface area (Å²) < 4.78 is 32.8. The largest absolute Gasteiger partial charge is 0.484 e. The zero-order valence-corrected chi connectivity index (χ0v) is 16.9. The predicted molar refractivity (Wildman–Crippen MR) is 110 cm³/mol. The summed E-state index contributed by atoms with van der Waals surface area (Å²) in [6.45, 7) is 3.27. The average molecular weight is 426 g/mol. The van der Waals surface area contributed by atoms with Gasteiger partial charge in [0.1, 0.15) is 17.4 Å². The first-order valence-electron chi connectivity index (χ1n) is 9.31. The van der Waals surface area contributed by atoms with Gasteiger partial charge in [-0.05, 0) is 68.5 Å². The molecule has 3 aromatic rings. The third kappa shape index (κ3) is 5.75. The van der Waals surface area contributed by atoms with Crippen molar-refractivity contribution in [1.29, 1.82) is 0 Å². The molecule has 0 fully saturated rings. The number of amides is 2. The number of hydrogen-bond donors (Lipinski definition) is 2. The van der Waals surface area contributed by atoms with E-state index in [0.29, 0.717) is 17.1 Å². The van der Waals surface area contributed by atoms with Gasteiger partial charge in [0.2, 0.25) is 0 Å². The van der Waals surface area contributed by atoms with Crippen molar-refractivity contribution < 1.29 is 23.1 Å². The van der Waals surface area contributed by atoms with E-state index < -0.39 is 17.6 Å². The van der Waals surface area contributed by atoms with E-state index in [-0.39, 0.29) is 12.4 Å². The monoisotopic (exact) mass is 426 g/mol. The summed E-state index contributed by atoms with van der Waals surface area (Å²) >= 11 is 0. The number of carbonyl (C=O) groups excluding carboxylic acids is 2. The highest BCUT2D eigenvalue weighted by molar-refractivity contribution is 5.93. The molecular formula is C22H20F2N4O3. The Hall–Kier alpha value is -4.01. The molecule has 0 saturated heterocycles. The molecule has 2 aromatic carbocycles. The van der Waals surface area contributed by atoms with E-state index in [2.05, 4.69) is 16.0 Å². The summed E-state index contributed by atoms with van der Waals surface area (Å²) in [6, 6.07) is 11.1. The average Bonchev–Trinajstić information content (AvgIpc) is 3.04. The maximum absolute atomic E-state index is 13.1. The number of aryl methyl sites for hydroxylation is 1. The number of aromatic nitrogens is 2. The summed E-state index contributed by atoms with van der Waals surface area (Å²) in [5.41, 5.74) is 7.34. The molecule has 0 bridgehead atoms. The Bertz CT molecular complexity index is 1110. The van der Waals surface area contributed by atoms with Gasteiger partial charge in [-0.25, -0.2) is 13.5 Å². The van der Waals surface area contributed by atoms with Crippen molar-refractivity contribution in [3.8, 4) is 11.4 Å². The van der Waals surface area contributed by atoms with Crippen LogP contribution in [0.4, 0.5) is 8.78 Å². The number of ether oxygens (including phenoxy) is 1. The van der Waals surface area contributed by atoms with Crippen LogP contribution in [0.5, 0.6) is 5.75 Å². The maximum atomic E-state index is 13.1. The van der Waals surface area contributed by atoms with E-state index in [4.69, 9.17) is 4.74 Å². The van der Waals surface area contributed by atoms with E-state index in [1.165, 1.54) is 42.5 Å². The van der Waals surface area contributed by atoms with Gasteiger partial charge in [0.15, 0.2) is 6.61 Å². The van der Waals surface area contributed by atoms with E-state index in [9.17, 15) is 18.4 Å². The van der Waals surface area contributed by atoms with Gasteiger partial charge in [-0.15, -0.1) is 0 Å². The van der Waals surface area contributed by atoms with Crippen LogP contribution in [-0.4, -0.2) is 28.2 Å². The van der Waals surface area contributed by atoms with Gasteiger partial charge >= 0.3 is 0 Å². The Morgan fingerprint density at radius 1 is 1.00 bits per heavy atom. The van der Waals surface area contributed by atoms with Crippen LogP contribution in [0.1, 0.15) is 17.0 Å². The van der Waals surface area contributed by atoms with Gasteiger partial charge in [-0.2, -0.15) is 5.10 Å². The highest BCUT2D eigenvalue weighted by Gasteiger charge is 2.11. The van der Waals surface area contributed by atoms with Gasteiger partial charge in [0.25, 0.3) is 11.8 Å². The highest BCUT2D eigenvalue weighted by Crippen LogP contribution is 2.19. The molecular weight excluding hydrogens is 406 g/mol. The van der Waals surface area contributed by atoms with Crippen LogP contribution in [0.3, 0.4) is 0 Å². The third-order valence-corrected chi connectivity index (χ3v) is 4.33. The van der Waals surface area contributed by atoms with Gasteiger partial charge in [0, 0.05) is 17.3 Å². The molecule has 1 heterocycles. The zero-order chi connectivity index (χ0) is 22.4. The topological polar surface area (TPSA) is 85.3 Å². The number of rotatable bonds is 6. The summed E-state index contributed by atoms with van der Waals surface area (Å²) in [5.74, 6) is -1.56. The Morgan fingerprint density at radius 3 is 2.26 bits per heavy atom. The van der Waals surface area contributed by atoms with Crippen LogP contribution in [0, 0.1) is 25.5 Å². The standard InChI is InChI=1S/C22H20F2N4O3/c1-14-20(15(2)28(27-14)18-7-3-16(23)4-8-18)11-12-21(29)25-26-22(30)13-31-19-9-5-17(24)6-10-19/h3-12H,13H2,1-2H3,(H,25,29)(H,26,30)/b12-11+. The van der Waals surface area contributed by atoms with Crippen LogP contribution in [0.2, 0.25) is 0 Å². The number of benzene rings is 2. The van der Waals surface area contributed by atoms with Crippen molar-refractivity contribution in [2.24, 2.45) is 0 Å². The normalized spacial score (nSPS) is 10.8. The Morgan fingerprint density at radius 2 is 1.61 bits per heavy atom. The molecule has 7 nitrogen and oxygen atoms in total. The summed E-state index contributed by atoms with van der Waals surface area (Å²) in [7, 11) is 0. The van der Waals surface area contributed by atoms with Crippen molar-refractivity contribution >= 4 is 17.9 Å². The van der Waals surface area contributed by atoms with E-state index in [1.807, 2.05) is 6.92 Å². The summed E-state index contributed by atoms with van der Waals surface area (Å²) in [4.78, 5) is 23.8. The molecule has 31 heavy (non-hydrogen) atoms. The number of hydrogen-bond acceptors (Lipinski definition) is 4. The number of carbonyl (C=O) groups is 2. The molecule has 0 radical (unpaired) electrons. The smallest absolute Gasteiger partial charge is 0.276 e. The number of hydrazine groups is 1. The number of nitrogens with zero attached hydrogens (tertiary/aromatic N) is 2.